The first-order valence-electron chi connectivity index (χ1n) is 5.95. The van der Waals surface area contributed by atoms with Crippen LogP contribution in [0, 0.1) is 5.82 Å². The van der Waals surface area contributed by atoms with Crippen LogP contribution < -0.4 is 10.5 Å². The van der Waals surface area contributed by atoms with E-state index in [-0.39, 0.29) is 17.1 Å². The summed E-state index contributed by atoms with van der Waals surface area (Å²) in [6, 6.07) is 3.33. The Morgan fingerprint density at radius 3 is 2.50 bits per heavy atom. The van der Waals surface area contributed by atoms with Crippen molar-refractivity contribution in [2.24, 2.45) is 5.14 Å². The summed E-state index contributed by atoms with van der Waals surface area (Å²) in [5.41, 5.74) is -0.939. The molecule has 0 aliphatic rings. The summed E-state index contributed by atoms with van der Waals surface area (Å²) < 4.78 is 35.9. The van der Waals surface area contributed by atoms with E-state index in [0.29, 0.717) is 6.54 Å². The molecule has 6 nitrogen and oxygen atoms in total. The van der Waals surface area contributed by atoms with E-state index < -0.39 is 21.4 Å². The summed E-state index contributed by atoms with van der Waals surface area (Å²) in [6.07, 6.45) is 0. The second-order valence-corrected chi connectivity index (χ2v) is 6.84. The van der Waals surface area contributed by atoms with Gasteiger partial charge in [0.2, 0.25) is 10.0 Å². The number of primary sulfonamides is 1. The molecular weight excluding hydrogens is 285 g/mol. The molecule has 0 saturated carbocycles. The van der Waals surface area contributed by atoms with Gasteiger partial charge < -0.3 is 15.3 Å². The third-order valence-corrected chi connectivity index (χ3v) is 3.50. The number of nitrogens with zero attached hydrogens (tertiary/aromatic N) is 1. The van der Waals surface area contributed by atoms with Crippen molar-refractivity contribution in [3.8, 4) is 0 Å². The van der Waals surface area contributed by atoms with Crippen LogP contribution in [0.5, 0.6) is 0 Å². The third-order valence-electron chi connectivity index (χ3n) is 2.59. The molecule has 0 spiro atoms. The lowest BCUT2D eigenvalue weighted by molar-refractivity contribution is 0.0459. The number of hydrogen-bond donors (Lipinski definition) is 3. The average Bonchev–Trinajstić information content (AvgIpc) is 2.24. The van der Waals surface area contributed by atoms with Crippen molar-refractivity contribution in [2.45, 2.75) is 17.4 Å². The van der Waals surface area contributed by atoms with E-state index in [1.807, 2.05) is 19.0 Å². The van der Waals surface area contributed by atoms with E-state index in [9.17, 15) is 17.9 Å². The van der Waals surface area contributed by atoms with Gasteiger partial charge in [0.15, 0.2) is 0 Å². The van der Waals surface area contributed by atoms with E-state index in [1.54, 1.807) is 6.92 Å². The van der Waals surface area contributed by atoms with Crippen LogP contribution in [-0.4, -0.2) is 51.2 Å². The molecule has 0 aromatic heterocycles. The van der Waals surface area contributed by atoms with E-state index in [2.05, 4.69) is 5.32 Å². The summed E-state index contributed by atoms with van der Waals surface area (Å²) in [4.78, 5) is 1.52. The summed E-state index contributed by atoms with van der Waals surface area (Å²) in [6.45, 7) is 2.14. The van der Waals surface area contributed by atoms with Crippen molar-refractivity contribution in [1.29, 1.82) is 0 Å². The van der Waals surface area contributed by atoms with E-state index in [4.69, 9.17) is 5.14 Å². The summed E-state index contributed by atoms with van der Waals surface area (Å²) in [7, 11) is -0.294. The quantitative estimate of drug-likeness (QED) is 0.698. The smallest absolute Gasteiger partial charge is 0.238 e. The zero-order valence-corrected chi connectivity index (χ0v) is 12.5. The molecule has 8 heteroatoms. The number of sulfonamides is 1. The van der Waals surface area contributed by atoms with Gasteiger partial charge in [-0.1, -0.05) is 0 Å². The highest BCUT2D eigenvalue weighted by Gasteiger charge is 2.21. The Bertz CT molecular complexity index is 573. The molecule has 0 fully saturated rings. The zero-order chi connectivity index (χ0) is 15.6. The average molecular weight is 305 g/mol. The van der Waals surface area contributed by atoms with Gasteiger partial charge in [0.25, 0.3) is 0 Å². The molecule has 4 N–H and O–H groups in total. The normalized spacial score (nSPS) is 15.2. The van der Waals surface area contributed by atoms with Crippen molar-refractivity contribution >= 4 is 15.7 Å². The minimum Gasteiger partial charge on any atom is -0.387 e. The fourth-order valence-electron chi connectivity index (χ4n) is 1.84. The van der Waals surface area contributed by atoms with E-state index in [0.717, 1.165) is 6.07 Å². The molecule has 0 bridgehead atoms. The van der Waals surface area contributed by atoms with Gasteiger partial charge in [-0.2, -0.15) is 0 Å². The predicted octanol–water partition coefficient (Wildman–Crippen LogP) is 0.198. The lowest BCUT2D eigenvalue weighted by atomic mass is 10.1. The number of likely N-dealkylation sites (N-methyl/N-ethyl adjacent to an activating group) is 1. The van der Waals surface area contributed by atoms with Crippen LogP contribution in [0.1, 0.15) is 6.92 Å². The summed E-state index contributed by atoms with van der Waals surface area (Å²) >= 11 is 0. The van der Waals surface area contributed by atoms with Crippen LogP contribution in [0.25, 0.3) is 0 Å². The molecule has 1 rings (SSSR count). The van der Waals surface area contributed by atoms with Crippen LogP contribution in [-0.2, 0) is 10.0 Å². The number of aliphatic hydroxyl groups is 1. The number of hydrogen-bond acceptors (Lipinski definition) is 5. The number of nitrogens with one attached hydrogen (secondary N) is 1. The van der Waals surface area contributed by atoms with E-state index in [1.165, 1.54) is 12.1 Å². The first kappa shape index (κ1) is 16.8. The van der Waals surface area contributed by atoms with E-state index >= 15 is 0 Å². The maximum Gasteiger partial charge on any atom is 0.238 e. The van der Waals surface area contributed by atoms with Crippen molar-refractivity contribution in [3.63, 3.8) is 0 Å². The molecule has 0 aliphatic carbocycles. The largest absolute Gasteiger partial charge is 0.387 e. The van der Waals surface area contributed by atoms with Crippen LogP contribution in [0.4, 0.5) is 10.1 Å². The fourth-order valence-corrected chi connectivity index (χ4v) is 2.36. The maximum atomic E-state index is 13.7. The summed E-state index contributed by atoms with van der Waals surface area (Å²) in [5, 5.41) is 17.7. The number of anilines is 1. The summed E-state index contributed by atoms with van der Waals surface area (Å²) in [5.74, 6) is -0.739. The molecule has 0 aliphatic heterocycles. The molecule has 0 amide bonds. The van der Waals surface area contributed by atoms with Crippen molar-refractivity contribution in [2.75, 3.05) is 32.5 Å². The SMILES string of the molecule is CN(C)CC(C)(O)CNc1ccc(S(N)(=O)=O)cc1F. The minimum atomic E-state index is -3.93. The monoisotopic (exact) mass is 305 g/mol. The Morgan fingerprint density at radius 1 is 1.45 bits per heavy atom. The lowest BCUT2D eigenvalue weighted by Crippen LogP contribution is -2.43. The highest BCUT2D eigenvalue weighted by molar-refractivity contribution is 7.89. The zero-order valence-electron chi connectivity index (χ0n) is 11.7. The molecule has 1 aromatic rings. The Morgan fingerprint density at radius 2 is 2.05 bits per heavy atom. The van der Waals surface area contributed by atoms with Gasteiger partial charge in [0.1, 0.15) is 5.82 Å². The minimum absolute atomic E-state index is 0.108. The molecule has 0 heterocycles. The van der Waals surface area contributed by atoms with Crippen LogP contribution >= 0.6 is 0 Å². The topological polar surface area (TPSA) is 95.7 Å². The fraction of sp³-hybridized carbons (Fsp3) is 0.500. The Labute approximate surface area is 118 Å². The molecular formula is C12H20FN3O3S. The molecule has 1 unspecified atom stereocenters. The Balaban J connectivity index is 2.80. The highest BCUT2D eigenvalue weighted by atomic mass is 32.2. The number of benzene rings is 1. The highest BCUT2D eigenvalue weighted by Crippen LogP contribution is 2.19. The standard InChI is InChI=1S/C12H20FN3O3S/c1-12(17,8-16(2)3)7-15-11-5-4-9(6-10(11)13)20(14,18)19/h4-6,15,17H,7-8H2,1-3H3,(H2,14,18,19). The lowest BCUT2D eigenvalue weighted by Gasteiger charge is -2.27. The maximum absolute atomic E-state index is 13.7. The second-order valence-electron chi connectivity index (χ2n) is 5.27. The van der Waals surface area contributed by atoms with Crippen molar-refractivity contribution in [3.05, 3.63) is 24.0 Å². The molecule has 20 heavy (non-hydrogen) atoms. The number of nitrogens with two attached hydrogens (primary N) is 1. The first-order valence-corrected chi connectivity index (χ1v) is 7.49. The van der Waals surface area contributed by atoms with Gasteiger partial charge in [0, 0.05) is 13.1 Å². The Kier molecular flexibility index (Phi) is 5.09. The second kappa shape index (κ2) is 6.04. The van der Waals surface area contributed by atoms with Gasteiger partial charge in [-0.05, 0) is 39.2 Å². The first-order chi connectivity index (χ1) is 9.01. The van der Waals surface area contributed by atoms with Gasteiger partial charge in [-0.25, -0.2) is 17.9 Å². The van der Waals surface area contributed by atoms with Crippen LogP contribution in [0.15, 0.2) is 23.1 Å². The Hall–Kier alpha value is -1.22. The molecule has 114 valence electrons. The molecule has 0 radical (unpaired) electrons. The number of halogens is 1. The van der Waals surface area contributed by atoms with Gasteiger partial charge >= 0.3 is 0 Å². The third kappa shape index (κ3) is 5.04. The van der Waals surface area contributed by atoms with Crippen molar-refractivity contribution in [1.82, 2.24) is 4.90 Å². The van der Waals surface area contributed by atoms with Crippen LogP contribution in [0.2, 0.25) is 0 Å². The molecule has 0 saturated heterocycles. The van der Waals surface area contributed by atoms with Crippen LogP contribution in [0.3, 0.4) is 0 Å². The van der Waals surface area contributed by atoms with Crippen molar-refractivity contribution < 1.29 is 17.9 Å². The van der Waals surface area contributed by atoms with Gasteiger partial charge in [-0.15, -0.1) is 0 Å². The van der Waals surface area contributed by atoms with Gasteiger partial charge in [0.05, 0.1) is 16.2 Å². The number of rotatable bonds is 6. The molecule has 1 atom stereocenters. The van der Waals surface area contributed by atoms with Gasteiger partial charge in [-0.3, -0.25) is 0 Å². The predicted molar refractivity (Wildman–Crippen MR) is 75.4 cm³/mol. The molecule has 1 aromatic carbocycles.